The maximum absolute atomic E-state index is 13.8. The molecule has 0 aromatic heterocycles. The monoisotopic (exact) mass is 916 g/mol. The Morgan fingerprint density at radius 3 is 2.08 bits per heavy atom. The first-order chi connectivity index (χ1) is 28.4. The van der Waals surface area contributed by atoms with Gasteiger partial charge in [-0.3, -0.25) is 24.1 Å². The van der Waals surface area contributed by atoms with E-state index in [-0.39, 0.29) is 59.5 Å². The van der Waals surface area contributed by atoms with Crippen molar-refractivity contribution >= 4 is 64.8 Å². The SMILES string of the molecule is N=c1ccc2c(-c3ccc(C(=O)NCCCCCC(=O)Oc4c(F)c(F)cc(F)c4F)cc3C(=O)O)c3ccc(N)c(S(=O)(=O)NCCCS(=O)(=O)O)c3oc-2c1S(=O)(=O)O. The minimum absolute atomic E-state index is 0.0394. The van der Waals surface area contributed by atoms with Crippen molar-refractivity contribution in [2.45, 2.75) is 41.9 Å². The van der Waals surface area contributed by atoms with Gasteiger partial charge in [-0.1, -0.05) is 12.5 Å². The van der Waals surface area contributed by atoms with Gasteiger partial charge in [-0.25, -0.2) is 26.7 Å². The number of sulfonamides is 1. The number of hydrogen-bond donors (Lipinski definition) is 7. The Hall–Kier alpha value is -5.99. The highest BCUT2D eigenvalue weighted by Gasteiger charge is 2.32. The summed E-state index contributed by atoms with van der Waals surface area (Å²) in [6, 6.07) is 7.62. The molecule has 1 heterocycles. The summed E-state index contributed by atoms with van der Waals surface area (Å²) >= 11 is 0. The number of nitrogen functional groups attached to an aromatic ring is 1. The maximum Gasteiger partial charge on any atom is 0.336 e. The summed E-state index contributed by atoms with van der Waals surface area (Å²) in [5.74, 6) is -14.1. The van der Waals surface area contributed by atoms with Crippen LogP contribution >= 0.6 is 0 Å². The Labute approximate surface area is 342 Å². The number of nitrogens with one attached hydrogen (secondary N) is 3. The fourth-order valence-corrected chi connectivity index (χ4v) is 8.67. The molecule has 2 aliphatic rings. The molecule has 0 unspecified atom stereocenters. The number of unbranched alkanes of at least 4 members (excludes halogenated alkanes) is 2. The number of amides is 1. The first kappa shape index (κ1) is 46.1. The van der Waals surface area contributed by atoms with Crippen LogP contribution in [0.15, 0.2) is 62.7 Å². The van der Waals surface area contributed by atoms with Crippen molar-refractivity contribution in [2.75, 3.05) is 24.6 Å². The number of carbonyl (C=O) groups excluding carboxylic acids is 2. The van der Waals surface area contributed by atoms with Crippen LogP contribution < -0.4 is 25.9 Å². The molecule has 326 valence electrons. The van der Waals surface area contributed by atoms with Gasteiger partial charge in [-0.2, -0.15) is 25.6 Å². The second-order valence-corrected chi connectivity index (χ2v) is 17.7. The minimum atomic E-state index is -5.30. The number of esters is 1. The van der Waals surface area contributed by atoms with E-state index in [0.29, 0.717) is 0 Å². The van der Waals surface area contributed by atoms with Crippen molar-refractivity contribution < 1.29 is 80.6 Å². The molecule has 5 rings (SSSR count). The van der Waals surface area contributed by atoms with Crippen LogP contribution in [0.4, 0.5) is 23.2 Å². The van der Waals surface area contributed by atoms with Crippen LogP contribution in [0.25, 0.3) is 33.4 Å². The van der Waals surface area contributed by atoms with Crippen molar-refractivity contribution in [2.24, 2.45) is 0 Å². The normalized spacial score (nSPS) is 12.2. The Bertz CT molecular complexity index is 2960. The van der Waals surface area contributed by atoms with Crippen molar-refractivity contribution in [3.8, 4) is 28.2 Å². The molecule has 61 heavy (non-hydrogen) atoms. The van der Waals surface area contributed by atoms with Gasteiger partial charge in [-0.05, 0) is 61.2 Å². The van der Waals surface area contributed by atoms with Crippen molar-refractivity contribution in [1.29, 1.82) is 5.41 Å². The standard InChI is InChI=1S/C36H32F4N4O14S3/c37-22-16-23(38)29(40)32(28(22)39)57-26(45)5-2-1-3-12-43-35(46)17-6-7-18(21(15-17)36(47)48)27-19-8-10-24(41)33(60(52,53)44-13-4-14-59(49,50)51)30(19)58-31-20(27)9-11-25(42)34(31)61(54,55)56/h6-11,15-16,42,44H,1-5,12-14,41H2,(H,43,46)(H,47,48)(H,49,50,51)(H,54,55,56). The van der Waals surface area contributed by atoms with Crippen LogP contribution in [-0.2, 0) is 35.1 Å². The lowest BCUT2D eigenvalue weighted by Crippen LogP contribution is -2.27. The van der Waals surface area contributed by atoms with E-state index >= 15 is 0 Å². The number of benzene rings is 4. The summed E-state index contributed by atoms with van der Waals surface area (Å²) in [5, 5.41) is 20.1. The number of rotatable bonds is 17. The van der Waals surface area contributed by atoms with Crippen LogP contribution in [-0.4, -0.2) is 76.2 Å². The van der Waals surface area contributed by atoms with Gasteiger partial charge in [0, 0.05) is 47.7 Å². The first-order valence-corrected chi connectivity index (χ1v) is 21.9. The lowest BCUT2D eigenvalue weighted by Gasteiger charge is -2.21. The third kappa shape index (κ3) is 10.3. The number of aromatic carboxylic acids is 1. The molecule has 18 nitrogen and oxygen atoms in total. The molecule has 0 fully saturated rings. The van der Waals surface area contributed by atoms with Crippen LogP contribution in [0.3, 0.4) is 0 Å². The summed E-state index contributed by atoms with van der Waals surface area (Å²) in [4.78, 5) is 36.0. The maximum atomic E-state index is 13.8. The Balaban J connectivity index is 1.45. The van der Waals surface area contributed by atoms with Crippen molar-refractivity contribution in [3.05, 3.63) is 88.3 Å². The molecule has 0 bridgehead atoms. The van der Waals surface area contributed by atoms with E-state index in [1.807, 2.05) is 0 Å². The Kier molecular flexibility index (Phi) is 13.5. The van der Waals surface area contributed by atoms with Gasteiger partial charge in [0.25, 0.3) is 26.1 Å². The zero-order chi connectivity index (χ0) is 45.2. The van der Waals surface area contributed by atoms with Crippen LogP contribution in [0.2, 0.25) is 0 Å². The largest absolute Gasteiger partial charge is 0.478 e. The second-order valence-electron chi connectivity index (χ2n) is 13.1. The van der Waals surface area contributed by atoms with Gasteiger partial charge in [0.15, 0.2) is 27.9 Å². The molecule has 1 aliphatic heterocycles. The molecule has 25 heteroatoms. The summed E-state index contributed by atoms with van der Waals surface area (Å²) < 4.78 is 161. The average molecular weight is 917 g/mol. The lowest BCUT2D eigenvalue weighted by atomic mass is 9.89. The van der Waals surface area contributed by atoms with Gasteiger partial charge in [0.05, 0.1) is 22.4 Å². The molecule has 0 saturated carbocycles. The van der Waals surface area contributed by atoms with Crippen LogP contribution in [0, 0.1) is 28.7 Å². The highest BCUT2D eigenvalue weighted by Crippen LogP contribution is 2.46. The molecule has 1 aliphatic carbocycles. The fraction of sp³-hybridized carbons (Fsp3) is 0.222. The van der Waals surface area contributed by atoms with Crippen LogP contribution in [0.5, 0.6) is 5.75 Å². The molecule has 0 radical (unpaired) electrons. The average Bonchev–Trinajstić information content (AvgIpc) is 3.16. The number of ether oxygens (including phenoxy) is 1. The fourth-order valence-electron chi connectivity index (χ4n) is 6.10. The summed E-state index contributed by atoms with van der Waals surface area (Å²) in [7, 11) is -14.6. The highest BCUT2D eigenvalue weighted by molar-refractivity contribution is 7.90. The predicted octanol–water partition coefficient (Wildman–Crippen LogP) is 4.22. The molecule has 0 spiro atoms. The quantitative estimate of drug-likeness (QED) is 0.0100. The molecule has 8 N–H and O–H groups in total. The number of carboxylic acid groups (broad SMARTS) is 1. The number of fused-ring (bicyclic) bond motifs is 2. The molecule has 0 atom stereocenters. The molecule has 3 aromatic carbocycles. The van der Waals surface area contributed by atoms with Gasteiger partial charge in [0.2, 0.25) is 27.4 Å². The van der Waals surface area contributed by atoms with Crippen molar-refractivity contribution in [3.63, 3.8) is 0 Å². The van der Waals surface area contributed by atoms with E-state index in [0.717, 1.165) is 30.3 Å². The summed E-state index contributed by atoms with van der Waals surface area (Å²) in [6.45, 7) is -0.596. The van der Waals surface area contributed by atoms with Gasteiger partial charge in [-0.15, -0.1) is 0 Å². The van der Waals surface area contributed by atoms with E-state index in [4.69, 9.17) is 20.1 Å². The minimum Gasteiger partial charge on any atom is -0.478 e. The predicted molar refractivity (Wildman–Crippen MR) is 204 cm³/mol. The van der Waals surface area contributed by atoms with E-state index in [1.54, 1.807) is 0 Å². The van der Waals surface area contributed by atoms with Gasteiger partial charge < -0.3 is 25.3 Å². The zero-order valence-corrected chi connectivity index (χ0v) is 33.4. The molecule has 1 amide bonds. The topological polar surface area (TPSA) is 311 Å². The first-order valence-electron chi connectivity index (χ1n) is 17.4. The third-order valence-corrected chi connectivity index (χ3v) is 12.1. The molecular weight excluding hydrogens is 885 g/mol. The number of nitrogens with two attached hydrogens (primary N) is 1. The number of carbonyl (C=O) groups is 3. The Morgan fingerprint density at radius 1 is 0.803 bits per heavy atom. The molecule has 3 aromatic rings. The molecular formula is C36H32F4N4O14S3. The summed E-state index contributed by atoms with van der Waals surface area (Å²) in [5.41, 5.74) is 3.40. The summed E-state index contributed by atoms with van der Waals surface area (Å²) in [6.07, 6.45) is -0.336. The smallest absolute Gasteiger partial charge is 0.336 e. The second kappa shape index (κ2) is 17.9. The molecule has 0 saturated heterocycles. The number of hydrogen-bond acceptors (Lipinski definition) is 13. The van der Waals surface area contributed by atoms with E-state index in [1.165, 1.54) is 12.1 Å². The van der Waals surface area contributed by atoms with Gasteiger partial charge in [0.1, 0.15) is 4.90 Å². The zero-order valence-electron chi connectivity index (χ0n) is 30.9. The van der Waals surface area contributed by atoms with E-state index in [9.17, 15) is 66.9 Å². The van der Waals surface area contributed by atoms with Crippen LogP contribution in [0.1, 0.15) is 52.8 Å². The number of halogens is 4. The lowest BCUT2D eigenvalue weighted by molar-refractivity contribution is -0.135. The Morgan fingerprint density at radius 2 is 1.46 bits per heavy atom. The third-order valence-electron chi connectivity index (χ3n) is 8.81. The number of carboxylic acids is 1. The van der Waals surface area contributed by atoms with E-state index < -0.39 is 140 Å². The van der Waals surface area contributed by atoms with Crippen molar-refractivity contribution in [1.82, 2.24) is 10.0 Å². The highest BCUT2D eigenvalue weighted by atomic mass is 32.2. The van der Waals surface area contributed by atoms with Gasteiger partial charge >= 0.3 is 11.9 Å². The number of anilines is 1. The van der Waals surface area contributed by atoms with E-state index in [2.05, 4.69) is 14.8 Å².